The van der Waals surface area contributed by atoms with Gasteiger partial charge in [0.25, 0.3) is 5.24 Å². The first-order chi connectivity index (χ1) is 6.52. The number of ether oxygens (including phenoxy) is 1. The van der Waals surface area contributed by atoms with Gasteiger partial charge in [0.1, 0.15) is 10.8 Å². The van der Waals surface area contributed by atoms with Crippen LogP contribution in [0.2, 0.25) is 10.0 Å². The molecule has 2 nitrogen and oxygen atoms in total. The zero-order chi connectivity index (χ0) is 10.7. The molecule has 0 radical (unpaired) electrons. The molecule has 6 heteroatoms. The molecule has 0 amide bonds. The number of alkyl halides is 1. The number of carbonyl (C=O) groups is 1. The Morgan fingerprint density at radius 3 is 2.57 bits per heavy atom. The van der Waals surface area contributed by atoms with Crippen LogP contribution >= 0.6 is 46.4 Å². The molecule has 1 rings (SSSR count). The van der Waals surface area contributed by atoms with Gasteiger partial charge in [0.05, 0.1) is 5.02 Å². The maximum atomic E-state index is 10.6. The Bertz CT molecular complexity index is 353. The molecular weight excluding hydrogens is 270 g/mol. The van der Waals surface area contributed by atoms with E-state index >= 15 is 0 Å². The van der Waals surface area contributed by atoms with E-state index in [1.807, 2.05) is 0 Å². The van der Waals surface area contributed by atoms with Gasteiger partial charge in [-0.25, -0.2) is 0 Å². The fraction of sp³-hybridized carbons (Fsp3) is 0.125. The van der Waals surface area contributed by atoms with Crippen LogP contribution in [0.25, 0.3) is 0 Å². The maximum Gasteiger partial charge on any atom is 0.278 e. The minimum atomic E-state index is -1.27. The molecule has 0 N–H and O–H groups in total. The molecule has 0 fully saturated rings. The first-order valence-corrected chi connectivity index (χ1v) is 5.03. The molecule has 0 saturated carbocycles. The molecule has 0 aliphatic carbocycles. The smallest absolute Gasteiger partial charge is 0.278 e. The number of rotatable bonds is 3. The molecule has 1 aromatic carbocycles. The zero-order valence-electron chi connectivity index (χ0n) is 6.64. The van der Waals surface area contributed by atoms with Gasteiger partial charge in [0, 0.05) is 0 Å². The fourth-order valence-electron chi connectivity index (χ4n) is 0.733. The summed E-state index contributed by atoms with van der Waals surface area (Å²) in [6.07, 6.45) is 0. The van der Waals surface area contributed by atoms with Crippen molar-refractivity contribution in [2.75, 3.05) is 0 Å². The van der Waals surface area contributed by atoms with Crippen LogP contribution in [0.4, 0.5) is 0 Å². The average Bonchev–Trinajstić information content (AvgIpc) is 2.12. The minimum absolute atomic E-state index is 0.192. The van der Waals surface area contributed by atoms with Crippen molar-refractivity contribution < 1.29 is 9.53 Å². The summed E-state index contributed by atoms with van der Waals surface area (Å²) in [5, 5.41) is -0.310. The van der Waals surface area contributed by atoms with E-state index in [2.05, 4.69) is 0 Å². The van der Waals surface area contributed by atoms with E-state index in [0.717, 1.165) is 0 Å². The molecule has 1 atom stereocenters. The second-order valence-electron chi connectivity index (χ2n) is 2.29. The molecule has 0 aliphatic rings. The highest BCUT2D eigenvalue weighted by atomic mass is 35.5. The average molecular weight is 274 g/mol. The summed E-state index contributed by atoms with van der Waals surface area (Å²) in [4.78, 5) is 10.6. The third kappa shape index (κ3) is 2.92. The van der Waals surface area contributed by atoms with Gasteiger partial charge in [-0.05, 0) is 23.7 Å². The highest BCUT2D eigenvalue weighted by molar-refractivity contribution is 6.68. The van der Waals surface area contributed by atoms with Crippen LogP contribution in [-0.2, 0) is 4.79 Å². The highest BCUT2D eigenvalue weighted by Crippen LogP contribution is 2.32. The SMILES string of the molecule is O=C(Cl)C(Cl)Oc1cccc(Cl)c1Cl. The summed E-state index contributed by atoms with van der Waals surface area (Å²) in [6.45, 7) is 0. The predicted octanol–water partition coefficient (Wildman–Crippen LogP) is 3.70. The van der Waals surface area contributed by atoms with E-state index in [1.54, 1.807) is 12.1 Å². The van der Waals surface area contributed by atoms with E-state index < -0.39 is 10.8 Å². The minimum Gasteiger partial charge on any atom is -0.464 e. The lowest BCUT2D eigenvalue weighted by atomic mass is 10.3. The monoisotopic (exact) mass is 272 g/mol. The predicted molar refractivity (Wildman–Crippen MR) is 57.6 cm³/mol. The molecule has 76 valence electrons. The molecular formula is C8H4Cl4O2. The Labute approximate surface area is 101 Å². The molecule has 1 aromatic rings. The van der Waals surface area contributed by atoms with Gasteiger partial charge < -0.3 is 4.74 Å². The van der Waals surface area contributed by atoms with E-state index in [1.165, 1.54) is 6.07 Å². The van der Waals surface area contributed by atoms with Crippen molar-refractivity contribution in [1.82, 2.24) is 0 Å². The summed E-state index contributed by atoms with van der Waals surface area (Å²) in [5.41, 5.74) is -1.27. The molecule has 1 unspecified atom stereocenters. The number of halogens is 4. The molecule has 14 heavy (non-hydrogen) atoms. The van der Waals surface area contributed by atoms with Gasteiger partial charge >= 0.3 is 0 Å². The van der Waals surface area contributed by atoms with Crippen LogP contribution in [0.3, 0.4) is 0 Å². The lowest BCUT2D eigenvalue weighted by Crippen LogP contribution is -2.16. The van der Waals surface area contributed by atoms with Crippen molar-refractivity contribution in [3.8, 4) is 5.75 Å². The Morgan fingerprint density at radius 2 is 2.00 bits per heavy atom. The van der Waals surface area contributed by atoms with Gasteiger partial charge in [0.15, 0.2) is 0 Å². The molecule has 0 spiro atoms. The van der Waals surface area contributed by atoms with Crippen molar-refractivity contribution in [3.63, 3.8) is 0 Å². The molecule has 0 aliphatic heterocycles. The molecule has 0 aromatic heterocycles. The van der Waals surface area contributed by atoms with Gasteiger partial charge in [-0.2, -0.15) is 0 Å². The van der Waals surface area contributed by atoms with E-state index in [-0.39, 0.29) is 10.8 Å². The van der Waals surface area contributed by atoms with Crippen molar-refractivity contribution in [2.45, 2.75) is 5.56 Å². The van der Waals surface area contributed by atoms with Crippen LogP contribution in [0.15, 0.2) is 18.2 Å². The summed E-state index contributed by atoms with van der Waals surface area (Å²) < 4.78 is 4.95. The topological polar surface area (TPSA) is 26.3 Å². The van der Waals surface area contributed by atoms with E-state index in [9.17, 15) is 4.79 Å². The third-order valence-corrected chi connectivity index (χ3v) is 2.72. The molecule has 0 bridgehead atoms. The third-order valence-electron chi connectivity index (χ3n) is 1.33. The van der Waals surface area contributed by atoms with Crippen molar-refractivity contribution in [1.29, 1.82) is 0 Å². The quantitative estimate of drug-likeness (QED) is 0.620. The van der Waals surface area contributed by atoms with Crippen LogP contribution in [-0.4, -0.2) is 10.8 Å². The lowest BCUT2D eigenvalue weighted by molar-refractivity contribution is -0.114. The van der Waals surface area contributed by atoms with E-state index in [4.69, 9.17) is 51.1 Å². The van der Waals surface area contributed by atoms with Gasteiger partial charge in [-0.1, -0.05) is 40.9 Å². The van der Waals surface area contributed by atoms with Crippen LogP contribution in [0.1, 0.15) is 0 Å². The largest absolute Gasteiger partial charge is 0.464 e. The normalized spacial score (nSPS) is 12.3. The fourth-order valence-corrected chi connectivity index (χ4v) is 1.21. The second-order valence-corrected chi connectivity index (χ2v) is 3.84. The van der Waals surface area contributed by atoms with Gasteiger partial charge in [0.2, 0.25) is 5.56 Å². The standard InChI is InChI=1S/C8H4Cl4O2/c9-4-2-1-3-5(6(4)10)14-8(12)7(11)13/h1-3,8H. The van der Waals surface area contributed by atoms with Gasteiger partial charge in [-0.15, -0.1) is 0 Å². The first kappa shape index (κ1) is 11.9. The Balaban J connectivity index is 2.87. The summed E-state index contributed by atoms with van der Waals surface area (Å²) >= 11 is 22.0. The maximum absolute atomic E-state index is 10.6. The lowest BCUT2D eigenvalue weighted by Gasteiger charge is -2.10. The number of hydrogen-bond donors (Lipinski definition) is 0. The van der Waals surface area contributed by atoms with Crippen molar-refractivity contribution >= 4 is 51.6 Å². The Morgan fingerprint density at radius 1 is 1.36 bits per heavy atom. The van der Waals surface area contributed by atoms with Crippen molar-refractivity contribution in [2.24, 2.45) is 0 Å². The van der Waals surface area contributed by atoms with Crippen molar-refractivity contribution in [3.05, 3.63) is 28.2 Å². The number of carbonyl (C=O) groups excluding carboxylic acids is 1. The van der Waals surface area contributed by atoms with Gasteiger partial charge in [-0.3, -0.25) is 4.79 Å². The summed E-state index contributed by atoms with van der Waals surface area (Å²) in [6, 6.07) is 4.73. The number of hydrogen-bond acceptors (Lipinski definition) is 2. The first-order valence-electron chi connectivity index (χ1n) is 3.46. The van der Waals surface area contributed by atoms with Crippen LogP contribution in [0, 0.1) is 0 Å². The summed E-state index contributed by atoms with van der Waals surface area (Å²) in [7, 11) is 0. The van der Waals surface area contributed by atoms with Crippen LogP contribution < -0.4 is 4.74 Å². The Hall–Kier alpha value is -0.150. The number of benzene rings is 1. The summed E-state index contributed by atoms with van der Waals surface area (Å²) in [5.74, 6) is 0.216. The highest BCUT2D eigenvalue weighted by Gasteiger charge is 2.16. The van der Waals surface area contributed by atoms with Crippen LogP contribution in [0.5, 0.6) is 5.75 Å². The second kappa shape index (κ2) is 5.08. The molecule has 0 saturated heterocycles. The Kier molecular flexibility index (Phi) is 4.32. The molecule has 0 heterocycles. The van der Waals surface area contributed by atoms with E-state index in [0.29, 0.717) is 5.02 Å². The zero-order valence-corrected chi connectivity index (χ0v) is 9.66.